The number of pyridine rings is 2. The van der Waals surface area contributed by atoms with Crippen molar-refractivity contribution in [1.29, 1.82) is 0 Å². The minimum Gasteiger partial charge on any atom is -0.360 e. The molecule has 0 fully saturated rings. The van der Waals surface area contributed by atoms with Gasteiger partial charge in [0.1, 0.15) is 11.5 Å². The van der Waals surface area contributed by atoms with Gasteiger partial charge in [-0.1, -0.05) is 11.2 Å². The van der Waals surface area contributed by atoms with Crippen LogP contribution in [0.4, 0.5) is 5.82 Å². The van der Waals surface area contributed by atoms with Crippen molar-refractivity contribution in [3.05, 3.63) is 71.5 Å². The summed E-state index contributed by atoms with van der Waals surface area (Å²) in [5, 5.41) is 8.98. The molecule has 0 saturated carbocycles. The maximum absolute atomic E-state index is 12.2. The summed E-state index contributed by atoms with van der Waals surface area (Å²) < 4.78 is 4.88. The Morgan fingerprint density at radius 3 is 2.68 bits per heavy atom. The van der Waals surface area contributed by atoms with Gasteiger partial charge in [-0.05, 0) is 31.2 Å². The van der Waals surface area contributed by atoms with Crippen LogP contribution in [0, 0.1) is 6.92 Å². The molecule has 2 N–H and O–H groups in total. The lowest BCUT2D eigenvalue weighted by molar-refractivity contribution is 0.0950. The van der Waals surface area contributed by atoms with Gasteiger partial charge in [-0.3, -0.25) is 19.6 Å². The Morgan fingerprint density at radius 2 is 1.96 bits per heavy atom. The number of nitrogens with one attached hydrogen (secondary N) is 2. The molecule has 3 aromatic rings. The number of carbonyl (C=O) groups is 2. The van der Waals surface area contributed by atoms with Gasteiger partial charge < -0.3 is 15.2 Å². The SMILES string of the molecule is Cc1cc(NC(=O)c2cc(C(=O)NCc3ccccn3)ccn2)no1. The largest absolute Gasteiger partial charge is 0.360 e. The minimum absolute atomic E-state index is 0.103. The van der Waals surface area contributed by atoms with Gasteiger partial charge >= 0.3 is 0 Å². The third-order valence-corrected chi connectivity index (χ3v) is 3.28. The van der Waals surface area contributed by atoms with Gasteiger partial charge in [0, 0.05) is 24.0 Å². The van der Waals surface area contributed by atoms with Gasteiger partial charge in [0.15, 0.2) is 5.82 Å². The molecule has 0 aromatic carbocycles. The lowest BCUT2D eigenvalue weighted by atomic mass is 10.2. The molecule has 0 unspecified atom stereocenters. The maximum atomic E-state index is 12.2. The normalized spacial score (nSPS) is 10.3. The van der Waals surface area contributed by atoms with Crippen LogP contribution in [0.15, 0.2) is 53.3 Å². The average Bonchev–Trinajstić information content (AvgIpc) is 3.05. The summed E-state index contributed by atoms with van der Waals surface area (Å²) in [7, 11) is 0. The molecule has 8 nitrogen and oxygen atoms in total. The predicted octanol–water partition coefficient (Wildman–Crippen LogP) is 1.96. The van der Waals surface area contributed by atoms with Crippen LogP contribution in [0.2, 0.25) is 0 Å². The lowest BCUT2D eigenvalue weighted by Crippen LogP contribution is -2.24. The number of rotatable bonds is 5. The van der Waals surface area contributed by atoms with Crippen molar-refractivity contribution in [2.24, 2.45) is 0 Å². The Labute approximate surface area is 143 Å². The van der Waals surface area contributed by atoms with Crippen LogP contribution < -0.4 is 10.6 Å². The molecule has 2 amide bonds. The molecule has 0 saturated heterocycles. The highest BCUT2D eigenvalue weighted by molar-refractivity contribution is 6.04. The zero-order chi connectivity index (χ0) is 17.6. The van der Waals surface area contributed by atoms with Gasteiger partial charge in [0.05, 0.1) is 12.2 Å². The fourth-order valence-electron chi connectivity index (χ4n) is 2.08. The van der Waals surface area contributed by atoms with Crippen molar-refractivity contribution in [1.82, 2.24) is 20.4 Å². The van der Waals surface area contributed by atoms with E-state index in [1.54, 1.807) is 25.3 Å². The summed E-state index contributed by atoms with van der Waals surface area (Å²) in [6.45, 7) is 2.01. The van der Waals surface area contributed by atoms with Crippen molar-refractivity contribution in [3.63, 3.8) is 0 Å². The summed E-state index contributed by atoms with van der Waals surface area (Å²) in [6.07, 6.45) is 3.06. The lowest BCUT2D eigenvalue weighted by Gasteiger charge is -2.06. The average molecular weight is 337 g/mol. The number of nitrogens with zero attached hydrogens (tertiary/aromatic N) is 3. The van der Waals surface area contributed by atoms with Crippen LogP contribution in [0.5, 0.6) is 0 Å². The van der Waals surface area contributed by atoms with E-state index in [0.29, 0.717) is 17.9 Å². The topological polar surface area (TPSA) is 110 Å². The highest BCUT2D eigenvalue weighted by atomic mass is 16.5. The first-order chi connectivity index (χ1) is 12.1. The quantitative estimate of drug-likeness (QED) is 0.736. The Hall–Kier alpha value is -3.55. The van der Waals surface area contributed by atoms with Gasteiger partial charge in [0.25, 0.3) is 11.8 Å². The van der Waals surface area contributed by atoms with E-state index < -0.39 is 5.91 Å². The third kappa shape index (κ3) is 4.25. The van der Waals surface area contributed by atoms with E-state index in [-0.39, 0.29) is 17.4 Å². The first-order valence-electron chi connectivity index (χ1n) is 7.50. The van der Waals surface area contributed by atoms with Crippen molar-refractivity contribution < 1.29 is 14.1 Å². The smallest absolute Gasteiger partial charge is 0.275 e. The number of anilines is 1. The fourth-order valence-corrected chi connectivity index (χ4v) is 2.08. The summed E-state index contributed by atoms with van der Waals surface area (Å²) >= 11 is 0. The Kier molecular flexibility index (Phi) is 4.79. The summed E-state index contributed by atoms with van der Waals surface area (Å²) in [5.41, 5.74) is 1.17. The number of amides is 2. The van der Waals surface area contributed by atoms with E-state index in [1.165, 1.54) is 18.3 Å². The van der Waals surface area contributed by atoms with Crippen molar-refractivity contribution in [2.45, 2.75) is 13.5 Å². The zero-order valence-electron chi connectivity index (χ0n) is 13.4. The fraction of sp³-hybridized carbons (Fsp3) is 0.118. The highest BCUT2D eigenvalue weighted by Crippen LogP contribution is 2.10. The molecule has 3 aromatic heterocycles. The highest BCUT2D eigenvalue weighted by Gasteiger charge is 2.13. The van der Waals surface area contributed by atoms with Crippen LogP contribution in [0.25, 0.3) is 0 Å². The van der Waals surface area contributed by atoms with Crippen molar-refractivity contribution in [2.75, 3.05) is 5.32 Å². The van der Waals surface area contributed by atoms with Gasteiger partial charge in [-0.25, -0.2) is 0 Å². The van der Waals surface area contributed by atoms with Gasteiger partial charge in [0.2, 0.25) is 0 Å². The number of hydrogen-bond donors (Lipinski definition) is 2. The van der Waals surface area contributed by atoms with Crippen LogP contribution >= 0.6 is 0 Å². The number of hydrogen-bond acceptors (Lipinski definition) is 6. The standard InChI is InChI=1S/C17H15N5O3/c1-11-8-15(22-25-11)21-17(24)14-9-12(5-7-19-14)16(23)20-10-13-4-2-3-6-18-13/h2-9H,10H2,1H3,(H,20,23)(H,21,22,24). The summed E-state index contributed by atoms with van der Waals surface area (Å²) in [4.78, 5) is 32.5. The first-order valence-corrected chi connectivity index (χ1v) is 7.50. The maximum Gasteiger partial charge on any atom is 0.275 e. The number of aromatic nitrogens is 3. The molecule has 0 radical (unpaired) electrons. The molecule has 3 heterocycles. The minimum atomic E-state index is -0.479. The molecule has 126 valence electrons. The second-order valence-electron chi connectivity index (χ2n) is 5.21. The molecule has 3 rings (SSSR count). The van der Waals surface area contributed by atoms with E-state index in [1.807, 2.05) is 12.1 Å². The van der Waals surface area contributed by atoms with Crippen LogP contribution in [0.1, 0.15) is 32.3 Å². The molecule has 0 bridgehead atoms. The molecular weight excluding hydrogens is 322 g/mol. The van der Waals surface area contributed by atoms with E-state index in [0.717, 1.165) is 5.69 Å². The monoisotopic (exact) mass is 337 g/mol. The van der Waals surface area contributed by atoms with E-state index >= 15 is 0 Å². The van der Waals surface area contributed by atoms with Crippen LogP contribution in [-0.4, -0.2) is 26.9 Å². The molecule has 25 heavy (non-hydrogen) atoms. The Morgan fingerprint density at radius 1 is 1.08 bits per heavy atom. The number of aryl methyl sites for hydroxylation is 1. The zero-order valence-corrected chi connectivity index (χ0v) is 13.4. The molecule has 8 heteroatoms. The molecular formula is C17H15N5O3. The summed E-state index contributed by atoms with van der Waals surface area (Å²) in [6, 6.07) is 9.98. The Bertz CT molecular complexity index is 892. The third-order valence-electron chi connectivity index (χ3n) is 3.28. The van der Waals surface area contributed by atoms with E-state index in [4.69, 9.17) is 4.52 Å². The van der Waals surface area contributed by atoms with Crippen LogP contribution in [0.3, 0.4) is 0 Å². The molecule has 0 spiro atoms. The molecule has 0 atom stereocenters. The summed E-state index contributed by atoms with van der Waals surface area (Å²) in [5.74, 6) is 0.0623. The van der Waals surface area contributed by atoms with Crippen molar-refractivity contribution in [3.8, 4) is 0 Å². The Balaban J connectivity index is 1.66. The van der Waals surface area contributed by atoms with Gasteiger partial charge in [-0.2, -0.15) is 0 Å². The van der Waals surface area contributed by atoms with Crippen molar-refractivity contribution >= 4 is 17.6 Å². The number of carbonyl (C=O) groups excluding carboxylic acids is 2. The molecule has 0 aliphatic heterocycles. The van der Waals surface area contributed by atoms with Gasteiger partial charge in [-0.15, -0.1) is 0 Å². The molecule has 0 aliphatic rings. The predicted molar refractivity (Wildman–Crippen MR) is 88.8 cm³/mol. The van der Waals surface area contributed by atoms with Crippen LogP contribution in [-0.2, 0) is 6.54 Å². The van der Waals surface area contributed by atoms with E-state index in [2.05, 4.69) is 25.8 Å². The second-order valence-corrected chi connectivity index (χ2v) is 5.21. The molecule has 0 aliphatic carbocycles. The first kappa shape index (κ1) is 16.3. The van der Waals surface area contributed by atoms with E-state index in [9.17, 15) is 9.59 Å². The second kappa shape index (κ2) is 7.35.